The van der Waals surface area contributed by atoms with Crippen LogP contribution in [0.2, 0.25) is 10.0 Å². The third-order valence-electron chi connectivity index (χ3n) is 3.90. The molecule has 136 valence electrons. The molecule has 0 saturated heterocycles. The Labute approximate surface area is 157 Å². The Bertz CT molecular complexity index is 752. The highest BCUT2D eigenvalue weighted by molar-refractivity contribution is 6.37. The number of amides is 1. The van der Waals surface area contributed by atoms with Crippen molar-refractivity contribution in [3.8, 4) is 5.69 Å². The number of nitrogens with two attached hydrogens (primary N) is 1. The smallest absolute Gasteiger partial charge is 0.293 e. The van der Waals surface area contributed by atoms with Gasteiger partial charge in [-0.1, -0.05) is 50.0 Å². The molecule has 6 nitrogen and oxygen atoms in total. The van der Waals surface area contributed by atoms with E-state index in [0.717, 1.165) is 0 Å². The number of nitrogens with zero attached hydrogens (tertiary/aromatic N) is 4. The fourth-order valence-corrected chi connectivity index (χ4v) is 3.04. The number of hydrogen-bond donors (Lipinski definition) is 1. The summed E-state index contributed by atoms with van der Waals surface area (Å²) in [6.07, 6.45) is 0.583. The number of aromatic nitrogens is 3. The molecule has 0 unspecified atom stereocenters. The van der Waals surface area contributed by atoms with Crippen molar-refractivity contribution in [3.63, 3.8) is 0 Å². The second kappa shape index (κ2) is 7.72. The Morgan fingerprint density at radius 1 is 1.32 bits per heavy atom. The number of carbonyl (C=O) groups is 1. The maximum absolute atomic E-state index is 12.7. The van der Waals surface area contributed by atoms with Crippen molar-refractivity contribution in [1.29, 1.82) is 0 Å². The molecular formula is C17H23Cl2N5O. The van der Waals surface area contributed by atoms with Crippen molar-refractivity contribution < 1.29 is 4.79 Å². The van der Waals surface area contributed by atoms with Gasteiger partial charge in [-0.05, 0) is 24.1 Å². The highest BCUT2D eigenvalue weighted by Gasteiger charge is 2.26. The number of halogens is 2. The van der Waals surface area contributed by atoms with E-state index in [9.17, 15) is 4.79 Å². The fraction of sp³-hybridized carbons (Fsp3) is 0.471. The highest BCUT2D eigenvalue weighted by atomic mass is 35.5. The minimum Gasteiger partial charge on any atom is -0.338 e. The Balaban J connectivity index is 2.39. The Hall–Kier alpha value is -1.63. The predicted molar refractivity (Wildman–Crippen MR) is 101 cm³/mol. The molecule has 1 aromatic heterocycles. The second-order valence-electron chi connectivity index (χ2n) is 6.72. The lowest BCUT2D eigenvalue weighted by Gasteiger charge is -2.28. The summed E-state index contributed by atoms with van der Waals surface area (Å²) in [6.45, 7) is 6.92. The zero-order chi connectivity index (χ0) is 18.8. The van der Waals surface area contributed by atoms with E-state index in [2.05, 4.69) is 10.1 Å². The monoisotopic (exact) mass is 383 g/mol. The van der Waals surface area contributed by atoms with Crippen LogP contribution >= 0.6 is 23.2 Å². The Morgan fingerprint density at radius 3 is 2.44 bits per heavy atom. The first-order chi connectivity index (χ1) is 11.7. The molecule has 1 amide bonds. The van der Waals surface area contributed by atoms with Crippen LogP contribution in [0.1, 0.15) is 37.2 Å². The molecule has 0 bridgehead atoms. The molecule has 0 aliphatic carbocycles. The maximum Gasteiger partial charge on any atom is 0.293 e. The van der Waals surface area contributed by atoms with E-state index < -0.39 is 0 Å². The van der Waals surface area contributed by atoms with Gasteiger partial charge in [0.25, 0.3) is 5.91 Å². The average Bonchev–Trinajstić information content (AvgIpc) is 2.97. The normalized spacial score (nSPS) is 11.6. The van der Waals surface area contributed by atoms with Gasteiger partial charge in [0.15, 0.2) is 0 Å². The fourth-order valence-electron chi connectivity index (χ4n) is 2.48. The first kappa shape index (κ1) is 19.7. The summed E-state index contributed by atoms with van der Waals surface area (Å²) in [5.74, 6) is 0.464. The van der Waals surface area contributed by atoms with Crippen LogP contribution in [0.15, 0.2) is 18.2 Å². The van der Waals surface area contributed by atoms with Gasteiger partial charge in [-0.2, -0.15) is 0 Å². The van der Waals surface area contributed by atoms with Crippen LogP contribution in [0, 0.1) is 5.41 Å². The number of aryl methyl sites for hydroxylation is 1. The largest absolute Gasteiger partial charge is 0.338 e. The SMILES string of the molecule is CCc1nc(C(=O)N(C)CC(C)(C)CN)nn1-c1c(Cl)cccc1Cl. The Morgan fingerprint density at radius 2 is 1.92 bits per heavy atom. The number of rotatable bonds is 6. The molecular weight excluding hydrogens is 361 g/mol. The minimum absolute atomic E-state index is 0.114. The van der Waals surface area contributed by atoms with Crippen molar-refractivity contribution >= 4 is 29.1 Å². The summed E-state index contributed by atoms with van der Waals surface area (Å²) in [5.41, 5.74) is 6.09. The number of benzene rings is 1. The van der Waals surface area contributed by atoms with Crippen LogP contribution in [0.5, 0.6) is 0 Å². The quantitative estimate of drug-likeness (QED) is 0.830. The zero-order valence-corrected chi connectivity index (χ0v) is 16.4. The van der Waals surface area contributed by atoms with Gasteiger partial charge in [-0.25, -0.2) is 9.67 Å². The third kappa shape index (κ3) is 4.32. The molecule has 2 rings (SSSR count). The summed E-state index contributed by atoms with van der Waals surface area (Å²) in [6, 6.07) is 5.20. The Kier molecular flexibility index (Phi) is 6.08. The van der Waals surface area contributed by atoms with E-state index in [1.54, 1.807) is 34.8 Å². The molecule has 8 heteroatoms. The summed E-state index contributed by atoms with van der Waals surface area (Å²) >= 11 is 12.5. The van der Waals surface area contributed by atoms with E-state index in [1.807, 2.05) is 20.8 Å². The molecule has 0 spiro atoms. The van der Waals surface area contributed by atoms with Gasteiger partial charge >= 0.3 is 0 Å². The molecule has 1 aromatic carbocycles. The van der Waals surface area contributed by atoms with Gasteiger partial charge in [0, 0.05) is 20.0 Å². The number of hydrogen-bond acceptors (Lipinski definition) is 4. The molecule has 0 radical (unpaired) electrons. The molecule has 0 aliphatic heterocycles. The van der Waals surface area contributed by atoms with Crippen LogP contribution in [0.4, 0.5) is 0 Å². The van der Waals surface area contributed by atoms with E-state index in [-0.39, 0.29) is 17.1 Å². The standard InChI is InChI=1S/C17H23Cl2N5O/c1-5-13-21-15(16(25)23(4)10-17(2,3)9-20)22-24(13)14-11(18)7-6-8-12(14)19/h6-8H,5,9-10,20H2,1-4H3. The van der Waals surface area contributed by atoms with Crippen molar-refractivity contribution in [3.05, 3.63) is 39.9 Å². The van der Waals surface area contributed by atoms with Crippen LogP contribution < -0.4 is 5.73 Å². The topological polar surface area (TPSA) is 77.0 Å². The minimum atomic E-state index is -0.266. The highest BCUT2D eigenvalue weighted by Crippen LogP contribution is 2.29. The summed E-state index contributed by atoms with van der Waals surface area (Å²) in [4.78, 5) is 18.7. The van der Waals surface area contributed by atoms with Gasteiger partial charge in [0.2, 0.25) is 5.82 Å². The van der Waals surface area contributed by atoms with E-state index >= 15 is 0 Å². The molecule has 0 aliphatic rings. The maximum atomic E-state index is 12.7. The van der Waals surface area contributed by atoms with Crippen molar-refractivity contribution in [1.82, 2.24) is 19.7 Å². The van der Waals surface area contributed by atoms with Crippen LogP contribution in [0.3, 0.4) is 0 Å². The number of carbonyl (C=O) groups excluding carboxylic acids is 1. The molecule has 0 saturated carbocycles. The molecule has 2 aromatic rings. The van der Waals surface area contributed by atoms with Crippen molar-refractivity contribution in [2.75, 3.05) is 20.1 Å². The molecule has 0 fully saturated rings. The summed E-state index contributed by atoms with van der Waals surface area (Å²) in [5, 5.41) is 5.26. The lowest BCUT2D eigenvalue weighted by Crippen LogP contribution is -2.40. The van der Waals surface area contributed by atoms with Gasteiger partial charge in [-0.15, -0.1) is 5.10 Å². The van der Waals surface area contributed by atoms with Gasteiger partial charge in [0.05, 0.1) is 10.0 Å². The van der Waals surface area contributed by atoms with E-state index in [1.165, 1.54) is 0 Å². The van der Waals surface area contributed by atoms with E-state index in [0.29, 0.717) is 41.1 Å². The van der Waals surface area contributed by atoms with Gasteiger partial charge < -0.3 is 10.6 Å². The molecule has 0 atom stereocenters. The summed E-state index contributed by atoms with van der Waals surface area (Å²) < 4.78 is 1.54. The van der Waals surface area contributed by atoms with Crippen LogP contribution in [-0.2, 0) is 6.42 Å². The zero-order valence-electron chi connectivity index (χ0n) is 14.9. The first-order valence-electron chi connectivity index (χ1n) is 8.06. The lowest BCUT2D eigenvalue weighted by atomic mass is 9.93. The lowest BCUT2D eigenvalue weighted by molar-refractivity contribution is 0.0728. The number of para-hydroxylation sites is 1. The third-order valence-corrected chi connectivity index (χ3v) is 4.51. The van der Waals surface area contributed by atoms with Crippen LogP contribution in [-0.4, -0.2) is 45.7 Å². The second-order valence-corrected chi connectivity index (χ2v) is 7.53. The van der Waals surface area contributed by atoms with Crippen LogP contribution in [0.25, 0.3) is 5.69 Å². The average molecular weight is 384 g/mol. The summed E-state index contributed by atoms with van der Waals surface area (Å²) in [7, 11) is 1.72. The predicted octanol–water partition coefficient (Wildman–Crippen LogP) is 3.19. The van der Waals surface area contributed by atoms with Gasteiger partial charge in [-0.3, -0.25) is 4.79 Å². The van der Waals surface area contributed by atoms with E-state index in [4.69, 9.17) is 28.9 Å². The van der Waals surface area contributed by atoms with Crippen molar-refractivity contribution in [2.24, 2.45) is 11.1 Å². The first-order valence-corrected chi connectivity index (χ1v) is 8.81. The van der Waals surface area contributed by atoms with Gasteiger partial charge in [0.1, 0.15) is 11.5 Å². The molecule has 25 heavy (non-hydrogen) atoms. The molecule has 2 N–H and O–H groups in total. The van der Waals surface area contributed by atoms with Crippen molar-refractivity contribution in [2.45, 2.75) is 27.2 Å². The molecule has 1 heterocycles.